The molecule has 6 rings (SSSR count). The van der Waals surface area contributed by atoms with Crippen molar-refractivity contribution in [2.24, 2.45) is 0 Å². The fourth-order valence-electron chi connectivity index (χ4n) is 4.87. The van der Waals surface area contributed by atoms with E-state index in [1.54, 1.807) is 12.1 Å². The summed E-state index contributed by atoms with van der Waals surface area (Å²) >= 11 is 0. The molecule has 1 fully saturated rings. The highest BCUT2D eigenvalue weighted by Crippen LogP contribution is 2.48. The van der Waals surface area contributed by atoms with E-state index in [9.17, 15) is 14.3 Å². The van der Waals surface area contributed by atoms with Crippen LogP contribution in [0.3, 0.4) is 0 Å². The van der Waals surface area contributed by atoms with E-state index >= 15 is 0 Å². The number of aryl methyl sites for hydroxylation is 1. The van der Waals surface area contributed by atoms with Gasteiger partial charge in [-0.05, 0) is 60.2 Å². The summed E-state index contributed by atoms with van der Waals surface area (Å²) in [7, 11) is 0. The smallest absolute Gasteiger partial charge is 0.314 e. The number of anilines is 2. The monoisotopic (exact) mass is 519 g/mol. The van der Waals surface area contributed by atoms with Crippen LogP contribution in [-0.2, 0) is 16.9 Å². The van der Waals surface area contributed by atoms with Crippen molar-refractivity contribution in [2.45, 2.75) is 31.9 Å². The van der Waals surface area contributed by atoms with Gasteiger partial charge in [-0.1, -0.05) is 78.0 Å². The normalized spacial score (nSPS) is 13.7. The van der Waals surface area contributed by atoms with Gasteiger partial charge in [0.1, 0.15) is 23.9 Å². The zero-order valence-electron chi connectivity index (χ0n) is 21.3. The van der Waals surface area contributed by atoms with Gasteiger partial charge in [-0.2, -0.15) is 0 Å². The Kier molecular flexibility index (Phi) is 6.19. The zero-order valence-corrected chi connectivity index (χ0v) is 21.3. The summed E-state index contributed by atoms with van der Waals surface area (Å²) in [6.07, 6.45) is 1.38. The van der Waals surface area contributed by atoms with Gasteiger partial charge in [-0.25, -0.2) is 9.37 Å². The summed E-state index contributed by atoms with van der Waals surface area (Å²) in [5, 5.41) is 17.1. The van der Waals surface area contributed by atoms with Crippen molar-refractivity contribution in [3.8, 4) is 33.7 Å². The number of nitrogens with one attached hydrogen (secondary N) is 1. The van der Waals surface area contributed by atoms with Crippen LogP contribution in [0.5, 0.6) is 0 Å². The quantitative estimate of drug-likeness (QED) is 0.218. The highest BCUT2D eigenvalue weighted by molar-refractivity contribution is 5.85. The summed E-state index contributed by atoms with van der Waals surface area (Å²) in [5.74, 6) is 0.467. The van der Waals surface area contributed by atoms with E-state index in [-0.39, 0.29) is 0 Å². The van der Waals surface area contributed by atoms with Gasteiger partial charge in [-0.3, -0.25) is 4.79 Å². The molecule has 3 aromatic carbocycles. The first-order valence-corrected chi connectivity index (χ1v) is 12.8. The molecule has 5 aromatic rings. The number of benzene rings is 3. The summed E-state index contributed by atoms with van der Waals surface area (Å²) < 4.78 is 18.8. The molecular formula is C32H26FN3O3. The number of alkyl halides is 1. The number of halogens is 1. The highest BCUT2D eigenvalue weighted by atomic mass is 19.1. The lowest BCUT2D eigenvalue weighted by Gasteiger charge is -2.11. The number of pyridine rings is 1. The molecule has 39 heavy (non-hydrogen) atoms. The minimum absolute atomic E-state index is 0.523. The molecule has 0 radical (unpaired) electrons. The predicted molar refractivity (Wildman–Crippen MR) is 148 cm³/mol. The van der Waals surface area contributed by atoms with Crippen molar-refractivity contribution in [1.82, 2.24) is 10.1 Å². The SMILES string of the molecule is Cc1noc(-c2ccc(-c3ccc(C4(C(=O)O)CC4)cc3)cc2)c1Nc1cccc(-c2cccc(CF)c2)n1. The number of carboxylic acid groups (broad SMARTS) is 1. The van der Waals surface area contributed by atoms with Gasteiger partial charge in [0.15, 0.2) is 5.76 Å². The Bertz CT molecular complexity index is 1660. The Hall–Kier alpha value is -4.78. The molecule has 0 bridgehead atoms. The fourth-order valence-corrected chi connectivity index (χ4v) is 4.87. The Labute approximate surface area is 225 Å². The first kappa shape index (κ1) is 24.6. The van der Waals surface area contributed by atoms with E-state index in [0.717, 1.165) is 39.2 Å². The van der Waals surface area contributed by atoms with Gasteiger partial charge in [-0.15, -0.1) is 0 Å². The van der Waals surface area contributed by atoms with E-state index in [1.165, 1.54) is 0 Å². The number of carbonyl (C=O) groups is 1. The van der Waals surface area contributed by atoms with Gasteiger partial charge in [0.25, 0.3) is 0 Å². The lowest BCUT2D eigenvalue weighted by atomic mass is 9.93. The third-order valence-electron chi connectivity index (χ3n) is 7.32. The average Bonchev–Trinajstić information content (AvgIpc) is 3.72. The van der Waals surface area contributed by atoms with Crippen LogP contribution >= 0.6 is 0 Å². The van der Waals surface area contributed by atoms with Gasteiger partial charge in [0, 0.05) is 11.1 Å². The number of rotatable bonds is 8. The van der Waals surface area contributed by atoms with Crippen LogP contribution in [-0.4, -0.2) is 21.2 Å². The molecule has 194 valence electrons. The van der Waals surface area contributed by atoms with Gasteiger partial charge >= 0.3 is 5.97 Å². The number of nitrogens with zero attached hydrogens (tertiary/aromatic N) is 2. The van der Waals surface area contributed by atoms with E-state index < -0.39 is 18.1 Å². The molecule has 0 spiro atoms. The van der Waals surface area contributed by atoms with Crippen LogP contribution in [0.4, 0.5) is 15.9 Å². The molecule has 1 aliphatic carbocycles. The van der Waals surface area contributed by atoms with Gasteiger partial charge in [0.2, 0.25) is 0 Å². The molecular weight excluding hydrogens is 493 g/mol. The molecule has 6 nitrogen and oxygen atoms in total. The molecule has 0 aliphatic heterocycles. The minimum atomic E-state index is -0.751. The van der Waals surface area contributed by atoms with Crippen LogP contribution in [0.25, 0.3) is 33.7 Å². The largest absolute Gasteiger partial charge is 0.481 e. The number of aliphatic carboxylic acids is 1. The lowest BCUT2D eigenvalue weighted by Crippen LogP contribution is -2.19. The maximum absolute atomic E-state index is 13.1. The second-order valence-electron chi connectivity index (χ2n) is 9.88. The minimum Gasteiger partial charge on any atom is -0.481 e. The van der Waals surface area contributed by atoms with Crippen LogP contribution in [0.2, 0.25) is 0 Å². The van der Waals surface area contributed by atoms with Crippen molar-refractivity contribution in [3.63, 3.8) is 0 Å². The standard InChI is InChI=1S/C32H26FN3O3/c1-20-29(35-28-7-3-6-27(34-28)25-5-2-4-21(18-25)19-33)30(39-36-20)24-10-8-22(9-11-24)23-12-14-26(15-13-23)32(16-17-32)31(37)38/h2-15,18H,16-17,19H2,1H3,(H,34,35)(H,37,38). The fraction of sp³-hybridized carbons (Fsp3) is 0.156. The third-order valence-corrected chi connectivity index (χ3v) is 7.32. The maximum atomic E-state index is 13.1. The first-order valence-electron chi connectivity index (χ1n) is 12.8. The van der Waals surface area contributed by atoms with Crippen molar-refractivity contribution < 1.29 is 18.8 Å². The molecule has 1 saturated carbocycles. The number of hydrogen-bond acceptors (Lipinski definition) is 5. The average molecular weight is 520 g/mol. The Morgan fingerprint density at radius 2 is 1.59 bits per heavy atom. The molecule has 2 N–H and O–H groups in total. The van der Waals surface area contributed by atoms with Crippen molar-refractivity contribution in [1.29, 1.82) is 0 Å². The first-order chi connectivity index (χ1) is 19.0. The molecule has 0 atom stereocenters. The third kappa shape index (κ3) is 4.68. The van der Waals surface area contributed by atoms with Gasteiger partial charge < -0.3 is 14.9 Å². The van der Waals surface area contributed by atoms with Crippen LogP contribution in [0, 0.1) is 6.92 Å². The summed E-state index contributed by atoms with van der Waals surface area (Å²) in [6.45, 7) is 1.34. The lowest BCUT2D eigenvalue weighted by molar-refractivity contribution is -0.140. The zero-order chi connectivity index (χ0) is 27.0. The predicted octanol–water partition coefficient (Wildman–Crippen LogP) is 7.71. The number of aromatic nitrogens is 2. The summed E-state index contributed by atoms with van der Waals surface area (Å²) in [4.78, 5) is 16.3. The van der Waals surface area contributed by atoms with Crippen molar-refractivity contribution >= 4 is 17.5 Å². The Morgan fingerprint density at radius 1 is 0.923 bits per heavy atom. The number of hydrogen-bond donors (Lipinski definition) is 2. The van der Waals surface area contributed by atoms with Crippen molar-refractivity contribution in [3.05, 3.63) is 108 Å². The molecule has 0 saturated heterocycles. The molecule has 2 aromatic heterocycles. The van der Waals surface area contributed by atoms with E-state index in [2.05, 4.69) is 10.5 Å². The van der Waals surface area contributed by atoms with E-state index in [1.807, 2.05) is 85.8 Å². The van der Waals surface area contributed by atoms with Crippen LogP contribution in [0.15, 0.2) is 95.5 Å². The molecule has 2 heterocycles. The van der Waals surface area contributed by atoms with Gasteiger partial charge in [0.05, 0.1) is 11.1 Å². The van der Waals surface area contributed by atoms with E-state index in [4.69, 9.17) is 9.51 Å². The summed E-state index contributed by atoms with van der Waals surface area (Å²) in [6, 6.07) is 28.7. The molecule has 1 aliphatic rings. The topological polar surface area (TPSA) is 88.2 Å². The molecule has 0 amide bonds. The van der Waals surface area contributed by atoms with Crippen molar-refractivity contribution in [2.75, 3.05) is 5.32 Å². The van der Waals surface area contributed by atoms with Crippen LogP contribution < -0.4 is 5.32 Å². The Balaban J connectivity index is 1.23. The summed E-state index contributed by atoms with van der Waals surface area (Å²) in [5.41, 5.74) is 6.63. The second kappa shape index (κ2) is 9.83. The highest BCUT2D eigenvalue weighted by Gasteiger charge is 2.51. The van der Waals surface area contributed by atoms with Crippen LogP contribution in [0.1, 0.15) is 29.7 Å². The van der Waals surface area contributed by atoms with E-state index in [0.29, 0.717) is 35.7 Å². The number of carboxylic acids is 1. The second-order valence-corrected chi connectivity index (χ2v) is 9.88. The Morgan fingerprint density at radius 3 is 2.26 bits per heavy atom. The molecule has 0 unspecified atom stereocenters. The maximum Gasteiger partial charge on any atom is 0.314 e. The molecule has 7 heteroatoms.